The number of carbonyl (C=O) groups excluding carboxylic acids is 2. The van der Waals surface area contributed by atoms with E-state index in [2.05, 4.69) is 10.6 Å². The van der Waals surface area contributed by atoms with E-state index in [1.807, 2.05) is 48.5 Å². The van der Waals surface area contributed by atoms with Gasteiger partial charge in [0.2, 0.25) is 0 Å². The molecule has 2 aromatic rings. The summed E-state index contributed by atoms with van der Waals surface area (Å²) in [5.74, 6) is 0. The third-order valence-corrected chi connectivity index (χ3v) is 4.29. The molecule has 2 N–H and O–H groups in total. The monoisotopic (exact) mass is 336 g/mol. The van der Waals surface area contributed by atoms with Crippen LogP contribution < -0.4 is 10.6 Å². The Kier molecular flexibility index (Phi) is 4.01. The maximum absolute atomic E-state index is 11.7. The highest BCUT2D eigenvalue weighted by molar-refractivity contribution is 5.91. The SMILES string of the molecule is O=C(Nc1ccc(Cc2ccc(NC(=O)N3CC3)cc2)cc1)N1CC1. The predicted molar refractivity (Wildman–Crippen MR) is 96.9 cm³/mol. The van der Waals surface area contributed by atoms with Gasteiger partial charge < -0.3 is 20.4 Å². The standard InChI is InChI=1S/C19H20N4O2/c24-18(22-9-10-22)20-16-5-1-14(2-6-16)13-15-3-7-17(8-4-15)21-19(25)23-11-12-23/h1-8H,9-13H2,(H,20,24)(H,21,25). The molecule has 6 heteroatoms. The van der Waals surface area contributed by atoms with Crippen molar-refractivity contribution >= 4 is 23.4 Å². The number of rotatable bonds is 4. The van der Waals surface area contributed by atoms with Gasteiger partial charge in [-0.1, -0.05) is 24.3 Å². The van der Waals surface area contributed by atoms with E-state index in [1.165, 1.54) is 11.1 Å². The Bertz CT molecular complexity index is 711. The lowest BCUT2D eigenvalue weighted by Crippen LogP contribution is -2.18. The number of amides is 4. The van der Waals surface area contributed by atoms with Gasteiger partial charge in [0.25, 0.3) is 0 Å². The highest BCUT2D eigenvalue weighted by Gasteiger charge is 2.24. The molecule has 0 aliphatic carbocycles. The van der Waals surface area contributed by atoms with Crippen molar-refractivity contribution in [2.45, 2.75) is 6.42 Å². The number of urea groups is 2. The van der Waals surface area contributed by atoms with Gasteiger partial charge in [-0.2, -0.15) is 0 Å². The second kappa shape index (κ2) is 6.47. The lowest BCUT2D eigenvalue weighted by Gasteiger charge is -2.08. The molecule has 2 fully saturated rings. The summed E-state index contributed by atoms with van der Waals surface area (Å²) in [5, 5.41) is 5.76. The number of hydrogen-bond acceptors (Lipinski definition) is 2. The largest absolute Gasteiger partial charge is 0.321 e. The number of hydrogen-bond donors (Lipinski definition) is 2. The Balaban J connectivity index is 1.33. The molecule has 0 radical (unpaired) electrons. The minimum atomic E-state index is -0.0343. The van der Waals surface area contributed by atoms with Crippen molar-refractivity contribution < 1.29 is 9.59 Å². The molecule has 0 bridgehead atoms. The Morgan fingerprint density at radius 2 is 1.04 bits per heavy atom. The van der Waals surface area contributed by atoms with Gasteiger partial charge in [-0.25, -0.2) is 9.59 Å². The summed E-state index contributed by atoms with van der Waals surface area (Å²) in [5.41, 5.74) is 3.97. The van der Waals surface area contributed by atoms with E-state index in [0.29, 0.717) is 0 Å². The number of nitrogens with zero attached hydrogens (tertiary/aromatic N) is 2. The first-order valence-electron chi connectivity index (χ1n) is 8.47. The van der Waals surface area contributed by atoms with E-state index in [-0.39, 0.29) is 12.1 Å². The van der Waals surface area contributed by atoms with Crippen LogP contribution in [0.5, 0.6) is 0 Å². The van der Waals surface area contributed by atoms with Crippen LogP contribution in [0.3, 0.4) is 0 Å². The third kappa shape index (κ3) is 4.09. The zero-order valence-electron chi connectivity index (χ0n) is 13.9. The molecule has 4 amide bonds. The number of carbonyl (C=O) groups is 2. The summed E-state index contributed by atoms with van der Waals surface area (Å²) in [4.78, 5) is 26.9. The van der Waals surface area contributed by atoms with Crippen LogP contribution in [0.25, 0.3) is 0 Å². The quantitative estimate of drug-likeness (QED) is 0.843. The van der Waals surface area contributed by atoms with Crippen LogP contribution in [0.4, 0.5) is 21.0 Å². The van der Waals surface area contributed by atoms with E-state index < -0.39 is 0 Å². The summed E-state index contributed by atoms with van der Waals surface area (Å²) >= 11 is 0. The molecule has 2 aromatic carbocycles. The minimum Gasteiger partial charge on any atom is -0.321 e. The molecule has 2 aliphatic rings. The first-order chi connectivity index (χ1) is 12.2. The number of nitrogens with one attached hydrogen (secondary N) is 2. The van der Waals surface area contributed by atoms with Gasteiger partial charge in [-0.15, -0.1) is 0 Å². The van der Waals surface area contributed by atoms with Crippen molar-refractivity contribution in [3.8, 4) is 0 Å². The molecule has 128 valence electrons. The highest BCUT2D eigenvalue weighted by Crippen LogP contribution is 2.18. The van der Waals surface area contributed by atoms with Crippen LogP contribution >= 0.6 is 0 Å². The minimum absolute atomic E-state index is 0.0343. The first-order valence-corrected chi connectivity index (χ1v) is 8.47. The summed E-state index contributed by atoms with van der Waals surface area (Å²) in [7, 11) is 0. The lowest BCUT2D eigenvalue weighted by atomic mass is 10.0. The topological polar surface area (TPSA) is 64.2 Å². The van der Waals surface area contributed by atoms with Crippen molar-refractivity contribution in [3.63, 3.8) is 0 Å². The van der Waals surface area contributed by atoms with Crippen molar-refractivity contribution in [1.29, 1.82) is 0 Å². The molecule has 4 rings (SSSR count). The van der Waals surface area contributed by atoms with Gasteiger partial charge in [0.05, 0.1) is 0 Å². The molecule has 25 heavy (non-hydrogen) atoms. The predicted octanol–water partition coefficient (Wildman–Crippen LogP) is 2.97. The van der Waals surface area contributed by atoms with Crippen LogP contribution in [0.2, 0.25) is 0 Å². The second-order valence-electron chi connectivity index (χ2n) is 6.41. The highest BCUT2D eigenvalue weighted by atomic mass is 16.2. The molecule has 0 unspecified atom stereocenters. The van der Waals surface area contributed by atoms with E-state index in [9.17, 15) is 9.59 Å². The molecule has 6 nitrogen and oxygen atoms in total. The van der Waals surface area contributed by atoms with Gasteiger partial charge >= 0.3 is 12.1 Å². The van der Waals surface area contributed by atoms with Crippen molar-refractivity contribution in [2.24, 2.45) is 0 Å². The molecular formula is C19H20N4O2. The second-order valence-corrected chi connectivity index (χ2v) is 6.41. The van der Waals surface area contributed by atoms with Crippen molar-refractivity contribution in [1.82, 2.24) is 9.80 Å². The maximum Gasteiger partial charge on any atom is 0.321 e. The van der Waals surface area contributed by atoms with Crippen LogP contribution in [0.1, 0.15) is 11.1 Å². The van der Waals surface area contributed by atoms with Crippen molar-refractivity contribution in [3.05, 3.63) is 59.7 Å². The van der Waals surface area contributed by atoms with E-state index >= 15 is 0 Å². The molecule has 2 heterocycles. The van der Waals surface area contributed by atoms with Gasteiger partial charge in [0.1, 0.15) is 0 Å². The first kappa shape index (κ1) is 15.5. The molecule has 0 atom stereocenters. The Morgan fingerprint density at radius 3 is 1.36 bits per heavy atom. The van der Waals surface area contributed by atoms with Gasteiger partial charge in [-0.05, 0) is 41.8 Å². The molecule has 2 aliphatic heterocycles. The van der Waals surface area contributed by atoms with E-state index in [0.717, 1.165) is 44.0 Å². The van der Waals surface area contributed by atoms with Crippen LogP contribution in [0.15, 0.2) is 48.5 Å². The summed E-state index contributed by atoms with van der Waals surface area (Å²) in [6, 6.07) is 15.7. The van der Waals surface area contributed by atoms with Crippen LogP contribution in [0, 0.1) is 0 Å². The fourth-order valence-electron chi connectivity index (χ4n) is 2.56. The zero-order chi connectivity index (χ0) is 17.2. The van der Waals surface area contributed by atoms with Crippen LogP contribution in [-0.2, 0) is 6.42 Å². The Morgan fingerprint density at radius 1 is 0.680 bits per heavy atom. The van der Waals surface area contributed by atoms with Gasteiger partial charge in [0.15, 0.2) is 0 Å². The average Bonchev–Trinajstić information content (AvgIpc) is 3.50. The van der Waals surface area contributed by atoms with E-state index in [4.69, 9.17) is 0 Å². The Hall–Kier alpha value is -3.02. The summed E-state index contributed by atoms with van der Waals surface area (Å²) in [6.45, 7) is 3.38. The zero-order valence-corrected chi connectivity index (χ0v) is 13.9. The fourth-order valence-corrected chi connectivity index (χ4v) is 2.56. The van der Waals surface area contributed by atoms with Crippen LogP contribution in [-0.4, -0.2) is 48.0 Å². The fraction of sp³-hybridized carbons (Fsp3) is 0.263. The smallest absolute Gasteiger partial charge is 0.321 e. The number of benzene rings is 2. The van der Waals surface area contributed by atoms with E-state index in [1.54, 1.807) is 9.80 Å². The molecule has 0 saturated carbocycles. The summed E-state index contributed by atoms with van der Waals surface area (Å²) in [6.07, 6.45) is 0.806. The van der Waals surface area contributed by atoms with Crippen molar-refractivity contribution in [2.75, 3.05) is 36.8 Å². The van der Waals surface area contributed by atoms with Gasteiger partial charge in [0, 0.05) is 37.6 Å². The lowest BCUT2D eigenvalue weighted by molar-refractivity contribution is 0.241. The maximum atomic E-state index is 11.7. The summed E-state index contributed by atoms with van der Waals surface area (Å²) < 4.78 is 0. The third-order valence-electron chi connectivity index (χ3n) is 4.29. The normalized spacial score (nSPS) is 14.9. The Labute approximate surface area is 146 Å². The molecule has 0 spiro atoms. The molecule has 2 saturated heterocycles. The number of anilines is 2. The molecule has 0 aromatic heterocycles. The average molecular weight is 336 g/mol. The van der Waals surface area contributed by atoms with Gasteiger partial charge in [-0.3, -0.25) is 0 Å². The molecular weight excluding hydrogens is 316 g/mol.